The van der Waals surface area contributed by atoms with Crippen molar-refractivity contribution in [2.45, 2.75) is 24.4 Å². The van der Waals surface area contributed by atoms with E-state index in [1.54, 1.807) is 24.3 Å². The molecule has 1 atom stereocenters. The van der Waals surface area contributed by atoms with Gasteiger partial charge in [0.2, 0.25) is 15.8 Å². The molecule has 0 saturated carbocycles. The summed E-state index contributed by atoms with van der Waals surface area (Å²) < 4.78 is 42.1. The topological polar surface area (TPSA) is 115 Å². The number of hydrogen-bond acceptors (Lipinski definition) is 6. The van der Waals surface area contributed by atoms with Crippen LogP contribution in [0.4, 0.5) is 4.79 Å². The molecule has 0 radical (unpaired) electrons. The summed E-state index contributed by atoms with van der Waals surface area (Å²) in [6.07, 6.45) is 0. The fraction of sp³-hybridized carbons (Fsp3) is 0.350. The lowest BCUT2D eigenvalue weighted by Gasteiger charge is -2.19. The first-order valence-corrected chi connectivity index (χ1v) is 10.6. The monoisotopic (exact) mass is 437 g/mol. The quantitative estimate of drug-likeness (QED) is 0.554. The first-order valence-electron chi connectivity index (χ1n) is 9.12. The Morgan fingerprint density at radius 2 is 1.67 bits per heavy atom. The van der Waals surface area contributed by atoms with E-state index in [0.29, 0.717) is 22.8 Å². The number of ether oxygens (including phenoxy) is 3. The Balaban J connectivity index is 2.06. The number of benzene rings is 2. The minimum atomic E-state index is -3.55. The highest BCUT2D eigenvalue weighted by Gasteiger charge is 2.18. The second-order valence-electron chi connectivity index (χ2n) is 6.36. The summed E-state index contributed by atoms with van der Waals surface area (Å²) in [6.45, 7) is 1.99. The molecule has 2 amide bonds. The predicted octanol–water partition coefficient (Wildman–Crippen LogP) is 2.18. The molecule has 0 fully saturated rings. The molecule has 9 nitrogen and oxygen atoms in total. The van der Waals surface area contributed by atoms with Crippen LogP contribution in [0.25, 0.3) is 0 Å². The van der Waals surface area contributed by atoms with Crippen LogP contribution < -0.4 is 29.6 Å². The first kappa shape index (κ1) is 23.3. The molecule has 2 rings (SSSR count). The maximum Gasteiger partial charge on any atom is 0.315 e. The van der Waals surface area contributed by atoms with Crippen molar-refractivity contribution in [3.63, 3.8) is 0 Å². The number of sulfonamides is 1. The number of nitrogens with one attached hydrogen (secondary N) is 3. The minimum Gasteiger partial charge on any atom is -0.493 e. The lowest BCUT2D eigenvalue weighted by Crippen LogP contribution is -2.36. The van der Waals surface area contributed by atoms with E-state index < -0.39 is 16.1 Å². The number of rotatable bonds is 9. The zero-order valence-electron chi connectivity index (χ0n) is 17.6. The van der Waals surface area contributed by atoms with Crippen LogP contribution >= 0.6 is 0 Å². The van der Waals surface area contributed by atoms with Gasteiger partial charge in [-0.05, 0) is 49.4 Å². The molecule has 2 aromatic rings. The number of hydrogen-bond donors (Lipinski definition) is 3. The van der Waals surface area contributed by atoms with Gasteiger partial charge in [-0.2, -0.15) is 0 Å². The van der Waals surface area contributed by atoms with Crippen LogP contribution in [0.3, 0.4) is 0 Å². The molecule has 30 heavy (non-hydrogen) atoms. The van der Waals surface area contributed by atoms with Crippen LogP contribution in [0.5, 0.6) is 17.2 Å². The second-order valence-corrected chi connectivity index (χ2v) is 8.25. The van der Waals surface area contributed by atoms with Crippen LogP contribution in [0, 0.1) is 0 Å². The third-order valence-corrected chi connectivity index (χ3v) is 5.88. The van der Waals surface area contributed by atoms with Gasteiger partial charge >= 0.3 is 6.03 Å². The van der Waals surface area contributed by atoms with E-state index in [9.17, 15) is 13.2 Å². The highest BCUT2D eigenvalue weighted by molar-refractivity contribution is 7.89. The van der Waals surface area contributed by atoms with E-state index in [1.807, 2.05) is 6.92 Å². The average Bonchev–Trinajstić information content (AvgIpc) is 2.76. The predicted molar refractivity (Wildman–Crippen MR) is 113 cm³/mol. The maximum absolute atomic E-state index is 12.3. The van der Waals surface area contributed by atoms with Crippen molar-refractivity contribution < 1.29 is 27.4 Å². The Morgan fingerprint density at radius 3 is 2.20 bits per heavy atom. The molecule has 0 aliphatic rings. The van der Waals surface area contributed by atoms with Crippen molar-refractivity contribution in [3.8, 4) is 17.2 Å². The number of carbonyl (C=O) groups is 1. The van der Waals surface area contributed by atoms with Crippen LogP contribution in [0.2, 0.25) is 0 Å². The second kappa shape index (κ2) is 10.2. The van der Waals surface area contributed by atoms with Gasteiger partial charge in [-0.15, -0.1) is 0 Å². The number of carbonyl (C=O) groups excluding carboxylic acids is 1. The molecule has 10 heteroatoms. The molecule has 0 aromatic heterocycles. The summed E-state index contributed by atoms with van der Waals surface area (Å²) >= 11 is 0. The smallest absolute Gasteiger partial charge is 0.315 e. The molecule has 164 valence electrons. The summed E-state index contributed by atoms with van der Waals surface area (Å²) in [6, 6.07) is 9.12. The van der Waals surface area contributed by atoms with E-state index >= 15 is 0 Å². The summed E-state index contributed by atoms with van der Waals surface area (Å²) in [5, 5.41) is 5.55. The summed E-state index contributed by atoms with van der Waals surface area (Å²) in [5.74, 6) is 1.45. The van der Waals surface area contributed by atoms with Crippen LogP contribution in [0.15, 0.2) is 41.3 Å². The Morgan fingerprint density at radius 1 is 1.03 bits per heavy atom. The number of urea groups is 1. The van der Waals surface area contributed by atoms with Crippen LogP contribution in [-0.2, 0) is 16.6 Å². The molecule has 1 unspecified atom stereocenters. The molecular weight excluding hydrogens is 410 g/mol. The van der Waals surface area contributed by atoms with E-state index in [0.717, 1.165) is 5.56 Å². The maximum atomic E-state index is 12.3. The van der Waals surface area contributed by atoms with Gasteiger partial charge in [0.25, 0.3) is 0 Å². The van der Waals surface area contributed by atoms with Crippen molar-refractivity contribution in [3.05, 3.63) is 47.5 Å². The SMILES string of the molecule is CNS(=O)(=O)c1cccc(CNC(=O)NC(C)c2cc(OC)c(OC)c(OC)c2)c1. The van der Waals surface area contributed by atoms with Gasteiger partial charge in [-0.3, -0.25) is 0 Å². The number of methoxy groups -OCH3 is 3. The molecule has 0 bridgehead atoms. The van der Waals surface area contributed by atoms with Gasteiger partial charge in [-0.25, -0.2) is 17.9 Å². The average molecular weight is 438 g/mol. The number of amides is 2. The molecule has 0 spiro atoms. The molecule has 0 aliphatic carbocycles. The first-order chi connectivity index (χ1) is 14.2. The molecule has 0 saturated heterocycles. The molecule has 3 N–H and O–H groups in total. The van der Waals surface area contributed by atoms with Crippen molar-refractivity contribution in [1.29, 1.82) is 0 Å². The van der Waals surface area contributed by atoms with Crippen LogP contribution in [-0.4, -0.2) is 42.8 Å². The van der Waals surface area contributed by atoms with Crippen molar-refractivity contribution in [2.75, 3.05) is 28.4 Å². The Hall–Kier alpha value is -2.98. The minimum absolute atomic E-state index is 0.135. The van der Waals surface area contributed by atoms with Gasteiger partial charge in [-0.1, -0.05) is 12.1 Å². The summed E-state index contributed by atoms with van der Waals surface area (Å²) in [5.41, 5.74) is 1.42. The van der Waals surface area contributed by atoms with Gasteiger partial charge < -0.3 is 24.8 Å². The van der Waals surface area contributed by atoms with Crippen molar-refractivity contribution in [1.82, 2.24) is 15.4 Å². The zero-order chi connectivity index (χ0) is 22.3. The fourth-order valence-electron chi connectivity index (χ4n) is 2.81. The Labute approximate surface area is 176 Å². The summed E-state index contributed by atoms with van der Waals surface area (Å²) in [7, 11) is 2.36. The Kier molecular flexibility index (Phi) is 7.90. The normalized spacial score (nSPS) is 12.0. The van der Waals surface area contributed by atoms with Gasteiger partial charge in [0.05, 0.1) is 32.3 Å². The van der Waals surface area contributed by atoms with Gasteiger partial charge in [0.1, 0.15) is 0 Å². The standard InChI is InChI=1S/C20H27N3O6S/c1-13(15-10-17(27-3)19(29-5)18(11-15)28-4)23-20(24)22-12-14-7-6-8-16(9-14)30(25,26)21-2/h6-11,13,21H,12H2,1-5H3,(H2,22,23,24). The highest BCUT2D eigenvalue weighted by atomic mass is 32.2. The van der Waals surface area contributed by atoms with E-state index in [1.165, 1.54) is 40.5 Å². The highest BCUT2D eigenvalue weighted by Crippen LogP contribution is 2.39. The fourth-order valence-corrected chi connectivity index (χ4v) is 3.61. The van der Waals surface area contributed by atoms with E-state index in [2.05, 4.69) is 15.4 Å². The Bertz CT molecular complexity index is 969. The van der Waals surface area contributed by atoms with Crippen LogP contribution in [0.1, 0.15) is 24.1 Å². The van der Waals surface area contributed by atoms with Crippen molar-refractivity contribution in [2.24, 2.45) is 0 Å². The molecule has 0 heterocycles. The zero-order valence-corrected chi connectivity index (χ0v) is 18.4. The molecule has 0 aliphatic heterocycles. The third-order valence-electron chi connectivity index (χ3n) is 4.47. The van der Waals surface area contributed by atoms with Gasteiger partial charge in [0.15, 0.2) is 11.5 Å². The van der Waals surface area contributed by atoms with Crippen molar-refractivity contribution >= 4 is 16.1 Å². The van der Waals surface area contributed by atoms with E-state index in [4.69, 9.17) is 14.2 Å². The lowest BCUT2D eigenvalue weighted by molar-refractivity contribution is 0.237. The lowest BCUT2D eigenvalue weighted by atomic mass is 10.1. The van der Waals surface area contributed by atoms with E-state index in [-0.39, 0.29) is 17.5 Å². The molecule has 2 aromatic carbocycles. The van der Waals surface area contributed by atoms with Gasteiger partial charge in [0, 0.05) is 6.54 Å². The third kappa shape index (κ3) is 5.55. The molecular formula is C20H27N3O6S. The largest absolute Gasteiger partial charge is 0.493 e. The summed E-state index contributed by atoms with van der Waals surface area (Å²) in [4.78, 5) is 12.5.